The first-order valence-electron chi connectivity index (χ1n) is 10.7. The van der Waals surface area contributed by atoms with Crippen molar-refractivity contribution in [1.82, 2.24) is 9.97 Å². The second-order valence-corrected chi connectivity index (χ2v) is 7.19. The average molecular weight is 349 g/mol. The Morgan fingerprint density at radius 3 is 2.00 bits per heavy atom. The summed E-state index contributed by atoms with van der Waals surface area (Å²) in [6.07, 6.45) is 26.2. The number of aromatic nitrogens is 2. The van der Waals surface area contributed by atoms with Crippen LogP contribution in [0.1, 0.15) is 108 Å². The average Bonchev–Trinajstić information content (AvgIpc) is 3.06. The zero-order chi connectivity index (χ0) is 18.0. The van der Waals surface area contributed by atoms with Gasteiger partial charge in [0.25, 0.3) is 0 Å². The number of hydrogen-bond acceptors (Lipinski definition) is 2. The number of aliphatic hydroxyl groups is 1. The van der Waals surface area contributed by atoms with Crippen molar-refractivity contribution in [2.45, 2.75) is 103 Å². The number of imidazole rings is 1. The molecule has 25 heavy (non-hydrogen) atoms. The van der Waals surface area contributed by atoms with Gasteiger partial charge in [0.15, 0.2) is 0 Å². The Hall–Kier alpha value is -1.09. The van der Waals surface area contributed by atoms with E-state index in [2.05, 4.69) is 29.0 Å². The van der Waals surface area contributed by atoms with Gasteiger partial charge in [-0.15, -0.1) is 0 Å². The second kappa shape index (κ2) is 16.4. The van der Waals surface area contributed by atoms with E-state index in [1.54, 1.807) is 0 Å². The smallest absolute Gasteiger partial charge is 0.108 e. The lowest BCUT2D eigenvalue weighted by Gasteiger charge is -2.02. The molecule has 0 aromatic carbocycles. The zero-order valence-corrected chi connectivity index (χ0v) is 16.4. The number of nitrogens with one attached hydrogen (secondary N) is 1. The van der Waals surface area contributed by atoms with Crippen molar-refractivity contribution in [3.8, 4) is 0 Å². The maximum Gasteiger partial charge on any atom is 0.108 e. The monoisotopic (exact) mass is 348 g/mol. The number of H-pyrrole nitrogens is 1. The van der Waals surface area contributed by atoms with Crippen molar-refractivity contribution in [1.29, 1.82) is 0 Å². The Morgan fingerprint density at radius 1 is 0.880 bits per heavy atom. The number of nitrogens with zero attached hydrogens (tertiary/aromatic N) is 1. The minimum absolute atomic E-state index is 0.148. The standard InChI is InChI=1S/C22H40N2O/c1-2-3-4-5-6-7-8-9-10-11-12-13-14-15-16-17-21-20-23-22(24-21)18-19-25/h16-17,20,25H,2-15,18-19H2,1H3,(H,23,24). The van der Waals surface area contributed by atoms with Crippen LogP contribution < -0.4 is 0 Å². The van der Waals surface area contributed by atoms with Gasteiger partial charge >= 0.3 is 0 Å². The number of unbranched alkanes of at least 4 members (excludes halogenated alkanes) is 13. The summed E-state index contributed by atoms with van der Waals surface area (Å²) in [4.78, 5) is 7.43. The molecule has 0 unspecified atom stereocenters. The van der Waals surface area contributed by atoms with Crippen LogP contribution in [0.3, 0.4) is 0 Å². The molecule has 0 aliphatic carbocycles. The summed E-state index contributed by atoms with van der Waals surface area (Å²) >= 11 is 0. The first-order chi connectivity index (χ1) is 12.4. The molecule has 0 radical (unpaired) electrons. The van der Waals surface area contributed by atoms with Gasteiger partial charge < -0.3 is 10.1 Å². The summed E-state index contributed by atoms with van der Waals surface area (Å²) in [5, 5.41) is 8.87. The lowest BCUT2D eigenvalue weighted by atomic mass is 10.0. The lowest BCUT2D eigenvalue weighted by Crippen LogP contribution is -1.92. The maximum absolute atomic E-state index is 8.87. The molecule has 0 atom stereocenters. The van der Waals surface area contributed by atoms with Crippen LogP contribution >= 0.6 is 0 Å². The van der Waals surface area contributed by atoms with E-state index in [4.69, 9.17) is 5.11 Å². The second-order valence-electron chi connectivity index (χ2n) is 7.19. The van der Waals surface area contributed by atoms with Gasteiger partial charge in [-0.1, -0.05) is 90.0 Å². The van der Waals surface area contributed by atoms with Crippen molar-refractivity contribution < 1.29 is 5.11 Å². The van der Waals surface area contributed by atoms with Crippen LogP contribution in [-0.2, 0) is 6.42 Å². The molecule has 3 nitrogen and oxygen atoms in total. The van der Waals surface area contributed by atoms with Gasteiger partial charge in [0.1, 0.15) is 5.82 Å². The molecule has 0 amide bonds. The van der Waals surface area contributed by atoms with E-state index in [-0.39, 0.29) is 6.61 Å². The van der Waals surface area contributed by atoms with E-state index in [1.165, 1.54) is 83.5 Å². The zero-order valence-electron chi connectivity index (χ0n) is 16.4. The van der Waals surface area contributed by atoms with Gasteiger partial charge in [-0.3, -0.25) is 0 Å². The highest BCUT2D eigenvalue weighted by Crippen LogP contribution is 2.13. The van der Waals surface area contributed by atoms with Crippen molar-refractivity contribution in [3.05, 3.63) is 23.8 Å². The number of aromatic amines is 1. The van der Waals surface area contributed by atoms with Crippen LogP contribution in [0.4, 0.5) is 0 Å². The molecule has 1 heterocycles. The normalized spacial score (nSPS) is 11.6. The molecule has 0 saturated carbocycles. The highest BCUT2D eigenvalue weighted by Gasteiger charge is 1.96. The van der Waals surface area contributed by atoms with Crippen molar-refractivity contribution >= 4 is 6.08 Å². The molecule has 0 fully saturated rings. The Bertz CT molecular complexity index is 425. The highest BCUT2D eigenvalue weighted by molar-refractivity contribution is 5.43. The van der Waals surface area contributed by atoms with E-state index in [0.29, 0.717) is 6.42 Å². The summed E-state index contributed by atoms with van der Waals surface area (Å²) in [6, 6.07) is 0. The predicted molar refractivity (Wildman–Crippen MR) is 109 cm³/mol. The molecule has 144 valence electrons. The SMILES string of the molecule is CCCCCCCCCCCCCCCC=Cc1cnc(CCO)[nH]1. The molecule has 1 aromatic rings. The van der Waals surface area contributed by atoms with Crippen LogP contribution in [0.25, 0.3) is 6.08 Å². The van der Waals surface area contributed by atoms with E-state index >= 15 is 0 Å². The highest BCUT2D eigenvalue weighted by atomic mass is 16.3. The van der Waals surface area contributed by atoms with Gasteiger partial charge in [0, 0.05) is 6.42 Å². The molecule has 0 saturated heterocycles. The first-order valence-corrected chi connectivity index (χ1v) is 10.7. The molecule has 1 aromatic heterocycles. The molecule has 0 aliphatic heterocycles. The number of aliphatic hydroxyl groups excluding tert-OH is 1. The summed E-state index contributed by atoms with van der Waals surface area (Å²) in [5.41, 5.74) is 1.04. The largest absolute Gasteiger partial charge is 0.396 e. The number of allylic oxidation sites excluding steroid dienone is 1. The van der Waals surface area contributed by atoms with Crippen molar-refractivity contribution in [2.75, 3.05) is 6.61 Å². The molecule has 0 aliphatic rings. The van der Waals surface area contributed by atoms with E-state index in [1.807, 2.05) is 6.20 Å². The van der Waals surface area contributed by atoms with Crippen LogP contribution in [-0.4, -0.2) is 21.7 Å². The fraction of sp³-hybridized carbons (Fsp3) is 0.773. The van der Waals surface area contributed by atoms with Crippen LogP contribution in [0.15, 0.2) is 12.3 Å². The molecule has 2 N–H and O–H groups in total. The molecular formula is C22H40N2O. The molecule has 0 spiro atoms. The van der Waals surface area contributed by atoms with Crippen LogP contribution in [0.2, 0.25) is 0 Å². The third kappa shape index (κ3) is 12.9. The Labute approximate surface area is 155 Å². The van der Waals surface area contributed by atoms with Crippen LogP contribution in [0, 0.1) is 0 Å². The molecule has 1 rings (SSSR count). The fourth-order valence-electron chi connectivity index (χ4n) is 3.19. The topological polar surface area (TPSA) is 48.9 Å². The first kappa shape index (κ1) is 22.0. The summed E-state index contributed by atoms with van der Waals surface area (Å²) in [5.74, 6) is 0.864. The van der Waals surface area contributed by atoms with Gasteiger partial charge in [-0.05, 0) is 18.9 Å². The van der Waals surface area contributed by atoms with Gasteiger partial charge in [-0.2, -0.15) is 0 Å². The minimum Gasteiger partial charge on any atom is -0.396 e. The quantitative estimate of drug-likeness (QED) is 0.318. The number of hydrogen-bond donors (Lipinski definition) is 2. The van der Waals surface area contributed by atoms with Gasteiger partial charge in [0.05, 0.1) is 18.5 Å². The Kier molecular flexibility index (Phi) is 14.4. The van der Waals surface area contributed by atoms with Gasteiger partial charge in [-0.25, -0.2) is 4.98 Å². The van der Waals surface area contributed by atoms with Gasteiger partial charge in [0.2, 0.25) is 0 Å². The molecule has 3 heteroatoms. The summed E-state index contributed by atoms with van der Waals surface area (Å²) in [6.45, 7) is 2.43. The molecular weight excluding hydrogens is 308 g/mol. The maximum atomic E-state index is 8.87. The predicted octanol–water partition coefficient (Wildman–Crippen LogP) is 6.44. The minimum atomic E-state index is 0.148. The fourth-order valence-corrected chi connectivity index (χ4v) is 3.19. The summed E-state index contributed by atoms with van der Waals surface area (Å²) in [7, 11) is 0. The third-order valence-corrected chi connectivity index (χ3v) is 4.77. The lowest BCUT2D eigenvalue weighted by molar-refractivity contribution is 0.297. The van der Waals surface area contributed by atoms with Crippen LogP contribution in [0.5, 0.6) is 0 Å². The Morgan fingerprint density at radius 2 is 1.44 bits per heavy atom. The van der Waals surface area contributed by atoms with E-state index < -0.39 is 0 Å². The van der Waals surface area contributed by atoms with Crippen molar-refractivity contribution in [2.24, 2.45) is 0 Å². The van der Waals surface area contributed by atoms with Crippen molar-refractivity contribution in [3.63, 3.8) is 0 Å². The van der Waals surface area contributed by atoms with E-state index in [0.717, 1.165) is 17.9 Å². The third-order valence-electron chi connectivity index (χ3n) is 4.77. The van der Waals surface area contributed by atoms with E-state index in [9.17, 15) is 0 Å². The number of rotatable bonds is 17. The Balaban J connectivity index is 1.83. The molecule has 0 bridgehead atoms. The summed E-state index contributed by atoms with van der Waals surface area (Å²) < 4.78 is 0.